The third kappa shape index (κ3) is 6.38. The number of hydrogen-bond donors (Lipinski definition) is 2. The van der Waals surface area contributed by atoms with Crippen molar-refractivity contribution in [2.24, 2.45) is 0 Å². The Balaban J connectivity index is 1.47. The van der Waals surface area contributed by atoms with Crippen LogP contribution >= 0.6 is 0 Å². The topological polar surface area (TPSA) is 84.0 Å². The van der Waals surface area contributed by atoms with Crippen LogP contribution in [-0.2, 0) is 23.0 Å². The fourth-order valence-electron chi connectivity index (χ4n) is 2.58. The number of pyridine rings is 2. The molecule has 0 bridgehead atoms. The van der Waals surface area contributed by atoms with E-state index in [2.05, 4.69) is 20.0 Å². The van der Waals surface area contributed by atoms with Gasteiger partial charge in [0.05, 0.1) is 29.9 Å². The van der Waals surface area contributed by atoms with E-state index in [4.69, 9.17) is 0 Å². The van der Waals surface area contributed by atoms with Gasteiger partial charge >= 0.3 is 0 Å². The fourth-order valence-corrected chi connectivity index (χ4v) is 3.69. The molecule has 0 aliphatic carbocycles. The van der Waals surface area contributed by atoms with Crippen LogP contribution in [0.1, 0.15) is 17.7 Å². The highest BCUT2D eigenvalue weighted by molar-refractivity contribution is 7.92. The molecule has 0 spiro atoms. The van der Waals surface area contributed by atoms with E-state index >= 15 is 0 Å². The Morgan fingerprint density at radius 1 is 0.889 bits per heavy atom. The van der Waals surface area contributed by atoms with E-state index in [1.165, 1.54) is 6.20 Å². The first kappa shape index (κ1) is 18.8. The molecule has 2 aromatic heterocycles. The second-order valence-corrected chi connectivity index (χ2v) is 7.96. The summed E-state index contributed by atoms with van der Waals surface area (Å²) in [6.45, 7) is 0.554. The molecule has 3 rings (SSSR count). The molecule has 7 heteroatoms. The molecule has 1 aromatic carbocycles. The van der Waals surface area contributed by atoms with Gasteiger partial charge < -0.3 is 5.32 Å². The second kappa shape index (κ2) is 9.14. The van der Waals surface area contributed by atoms with E-state index in [0.717, 1.165) is 17.7 Å². The number of anilines is 2. The zero-order valence-electron chi connectivity index (χ0n) is 14.9. The molecule has 140 valence electrons. The molecule has 0 atom stereocenters. The molecular formula is C20H22N4O2S. The lowest BCUT2D eigenvalue weighted by molar-refractivity contribution is 0.598. The Kier molecular flexibility index (Phi) is 6.38. The minimum absolute atomic E-state index is 0.0710. The molecule has 2 N–H and O–H groups in total. The summed E-state index contributed by atoms with van der Waals surface area (Å²) in [6, 6.07) is 19.0. The summed E-state index contributed by atoms with van der Waals surface area (Å²) in [5.74, 6) is 0.731. The van der Waals surface area contributed by atoms with Crippen LogP contribution in [0.2, 0.25) is 0 Å². The number of nitrogens with one attached hydrogen (secondary N) is 2. The molecule has 27 heavy (non-hydrogen) atoms. The summed E-state index contributed by atoms with van der Waals surface area (Å²) in [7, 11) is -3.39. The van der Waals surface area contributed by atoms with Crippen LogP contribution in [0.5, 0.6) is 0 Å². The Hall–Kier alpha value is -2.93. The number of benzene rings is 1. The van der Waals surface area contributed by atoms with Crippen LogP contribution in [0.15, 0.2) is 73.1 Å². The summed E-state index contributed by atoms with van der Waals surface area (Å²) in [5.41, 5.74) is 2.50. The van der Waals surface area contributed by atoms with E-state index in [1.54, 1.807) is 18.3 Å². The number of nitrogens with zero attached hydrogens (tertiary/aromatic N) is 2. The van der Waals surface area contributed by atoms with E-state index in [0.29, 0.717) is 24.5 Å². The average molecular weight is 382 g/mol. The van der Waals surface area contributed by atoms with E-state index < -0.39 is 10.0 Å². The van der Waals surface area contributed by atoms with E-state index in [1.807, 2.05) is 48.5 Å². The normalized spacial score (nSPS) is 11.1. The molecule has 0 amide bonds. The highest BCUT2D eigenvalue weighted by Gasteiger charge is 2.10. The van der Waals surface area contributed by atoms with Crippen molar-refractivity contribution in [3.05, 3.63) is 84.3 Å². The van der Waals surface area contributed by atoms with Gasteiger partial charge in [0.2, 0.25) is 10.0 Å². The molecule has 0 saturated carbocycles. The van der Waals surface area contributed by atoms with Crippen molar-refractivity contribution in [3.8, 4) is 0 Å². The Morgan fingerprint density at radius 2 is 1.70 bits per heavy atom. The first-order chi connectivity index (χ1) is 13.1. The first-order valence-electron chi connectivity index (χ1n) is 8.75. The molecule has 0 aliphatic heterocycles. The maximum Gasteiger partial charge on any atom is 0.232 e. The third-order valence-electron chi connectivity index (χ3n) is 3.93. The molecule has 0 saturated heterocycles. The Bertz CT molecular complexity index is 931. The van der Waals surface area contributed by atoms with Crippen LogP contribution in [0.4, 0.5) is 11.5 Å². The fraction of sp³-hybridized carbons (Fsp3) is 0.200. The summed E-state index contributed by atoms with van der Waals surface area (Å²) >= 11 is 0. The molecule has 0 unspecified atom stereocenters. The van der Waals surface area contributed by atoms with Crippen LogP contribution in [0.3, 0.4) is 0 Å². The van der Waals surface area contributed by atoms with E-state index in [9.17, 15) is 8.42 Å². The van der Waals surface area contributed by atoms with Crippen LogP contribution in [0, 0.1) is 0 Å². The van der Waals surface area contributed by atoms with Crippen LogP contribution in [-0.4, -0.2) is 24.1 Å². The van der Waals surface area contributed by atoms with Gasteiger partial charge in [-0.15, -0.1) is 0 Å². The monoisotopic (exact) mass is 382 g/mol. The molecule has 0 radical (unpaired) electrons. The van der Waals surface area contributed by atoms with Crippen molar-refractivity contribution in [2.45, 2.75) is 19.4 Å². The van der Waals surface area contributed by atoms with Crippen molar-refractivity contribution in [1.82, 2.24) is 9.97 Å². The van der Waals surface area contributed by atoms with Gasteiger partial charge in [0.25, 0.3) is 0 Å². The van der Waals surface area contributed by atoms with Gasteiger partial charge in [-0.05, 0) is 42.7 Å². The van der Waals surface area contributed by atoms with Crippen molar-refractivity contribution in [3.63, 3.8) is 0 Å². The largest absolute Gasteiger partial charge is 0.364 e. The zero-order chi connectivity index (χ0) is 19.0. The van der Waals surface area contributed by atoms with Crippen LogP contribution in [0.25, 0.3) is 0 Å². The lowest BCUT2D eigenvalue weighted by Gasteiger charge is -2.09. The number of sulfonamides is 1. The number of aromatic nitrogens is 2. The van der Waals surface area contributed by atoms with E-state index in [-0.39, 0.29) is 5.75 Å². The minimum atomic E-state index is -3.39. The lowest BCUT2D eigenvalue weighted by Crippen LogP contribution is -2.17. The van der Waals surface area contributed by atoms with Gasteiger partial charge in [-0.2, -0.15) is 0 Å². The van der Waals surface area contributed by atoms with Crippen molar-refractivity contribution in [1.29, 1.82) is 0 Å². The van der Waals surface area contributed by atoms with Crippen molar-refractivity contribution >= 4 is 21.5 Å². The summed E-state index contributed by atoms with van der Waals surface area (Å²) in [4.78, 5) is 8.47. The SMILES string of the molecule is O=S(=O)(CCCc1ccccc1)Nc1ccc(NCc2ccccn2)nc1. The van der Waals surface area contributed by atoms with Crippen LogP contribution < -0.4 is 10.0 Å². The highest BCUT2D eigenvalue weighted by atomic mass is 32.2. The molecular weight excluding hydrogens is 360 g/mol. The average Bonchev–Trinajstić information content (AvgIpc) is 2.69. The minimum Gasteiger partial charge on any atom is -0.364 e. The Labute approximate surface area is 159 Å². The molecule has 0 aliphatic rings. The van der Waals surface area contributed by atoms with Gasteiger partial charge in [-0.25, -0.2) is 13.4 Å². The predicted molar refractivity (Wildman–Crippen MR) is 108 cm³/mol. The van der Waals surface area contributed by atoms with Gasteiger partial charge in [0.1, 0.15) is 5.82 Å². The number of hydrogen-bond acceptors (Lipinski definition) is 5. The zero-order valence-corrected chi connectivity index (χ0v) is 15.7. The van der Waals surface area contributed by atoms with Gasteiger partial charge in [-0.3, -0.25) is 9.71 Å². The predicted octanol–water partition coefficient (Wildman–Crippen LogP) is 3.46. The Morgan fingerprint density at radius 3 is 2.41 bits per heavy atom. The molecule has 2 heterocycles. The molecule has 6 nitrogen and oxygen atoms in total. The summed E-state index contributed by atoms with van der Waals surface area (Å²) in [5, 5.41) is 3.15. The first-order valence-corrected chi connectivity index (χ1v) is 10.4. The lowest BCUT2D eigenvalue weighted by atomic mass is 10.1. The summed E-state index contributed by atoms with van der Waals surface area (Å²) in [6.07, 6.45) is 4.54. The highest BCUT2D eigenvalue weighted by Crippen LogP contribution is 2.13. The van der Waals surface area contributed by atoms with Crippen molar-refractivity contribution < 1.29 is 8.42 Å². The third-order valence-corrected chi connectivity index (χ3v) is 5.31. The maximum absolute atomic E-state index is 12.2. The van der Waals surface area contributed by atoms with Gasteiger partial charge in [-0.1, -0.05) is 36.4 Å². The smallest absolute Gasteiger partial charge is 0.232 e. The molecule has 0 fully saturated rings. The second-order valence-electron chi connectivity index (χ2n) is 6.12. The maximum atomic E-state index is 12.2. The van der Waals surface area contributed by atoms with Gasteiger partial charge in [0.15, 0.2) is 0 Å². The summed E-state index contributed by atoms with van der Waals surface area (Å²) < 4.78 is 27.0. The number of rotatable bonds is 9. The standard InChI is InChI=1S/C20H22N4O2S/c25-27(26,14-6-9-17-7-2-1-3-8-17)24-19-11-12-20(23-16-19)22-15-18-10-4-5-13-21-18/h1-5,7-8,10-13,16,24H,6,9,14-15H2,(H,22,23). The molecule has 3 aromatic rings. The quantitative estimate of drug-likeness (QED) is 0.592. The van der Waals surface area contributed by atoms with Gasteiger partial charge in [0, 0.05) is 6.20 Å². The number of aryl methyl sites for hydroxylation is 1. The van der Waals surface area contributed by atoms with Crippen molar-refractivity contribution in [2.75, 3.05) is 15.8 Å².